The maximum absolute atomic E-state index is 12.4. The first-order chi connectivity index (χ1) is 12.7. The Morgan fingerprint density at radius 3 is 3.12 bits per heavy atom. The summed E-state index contributed by atoms with van der Waals surface area (Å²) in [4.78, 5) is 14.9. The van der Waals surface area contributed by atoms with Crippen LogP contribution >= 0.6 is 0 Å². The number of benzene rings is 1. The second kappa shape index (κ2) is 7.50. The number of hydrogen-bond donors (Lipinski definition) is 1. The molecule has 0 aliphatic carbocycles. The lowest BCUT2D eigenvalue weighted by atomic mass is 10.0. The van der Waals surface area contributed by atoms with Crippen molar-refractivity contribution in [2.45, 2.75) is 45.4 Å². The van der Waals surface area contributed by atoms with Gasteiger partial charge < -0.3 is 10.1 Å². The van der Waals surface area contributed by atoms with E-state index in [1.807, 2.05) is 24.3 Å². The number of likely N-dealkylation sites (tertiary alicyclic amines) is 1. The van der Waals surface area contributed by atoms with E-state index in [9.17, 15) is 4.79 Å². The van der Waals surface area contributed by atoms with Crippen molar-refractivity contribution in [2.24, 2.45) is 0 Å². The molecule has 26 heavy (non-hydrogen) atoms. The first-order valence-corrected chi connectivity index (χ1v) is 9.50. The minimum Gasteiger partial charge on any atom is -0.488 e. The van der Waals surface area contributed by atoms with E-state index < -0.39 is 0 Å². The SMILES string of the molecule is C[C@H]1CCCCN1CCNC(=O)Cn1ncc2c1-c1ccccc1OC2. The summed E-state index contributed by atoms with van der Waals surface area (Å²) in [6.45, 7) is 5.75. The molecule has 1 amide bonds. The zero-order valence-corrected chi connectivity index (χ0v) is 15.3. The van der Waals surface area contributed by atoms with Gasteiger partial charge in [0.05, 0.1) is 11.9 Å². The summed E-state index contributed by atoms with van der Waals surface area (Å²) in [6.07, 6.45) is 5.64. The predicted octanol–water partition coefficient (Wildman–Crippen LogP) is 2.43. The summed E-state index contributed by atoms with van der Waals surface area (Å²) in [7, 11) is 0. The predicted molar refractivity (Wildman–Crippen MR) is 99.9 cm³/mol. The molecule has 1 fully saturated rings. The molecule has 2 aromatic rings. The second-order valence-corrected chi connectivity index (χ2v) is 7.19. The molecule has 0 saturated carbocycles. The molecule has 138 valence electrons. The third-order valence-electron chi connectivity index (χ3n) is 5.40. The minimum atomic E-state index is 0.00420. The molecule has 4 rings (SSSR count). The quantitative estimate of drug-likeness (QED) is 0.896. The molecule has 1 atom stereocenters. The third-order valence-corrected chi connectivity index (χ3v) is 5.40. The van der Waals surface area contributed by atoms with Gasteiger partial charge in [0, 0.05) is 30.3 Å². The number of nitrogens with zero attached hydrogens (tertiary/aromatic N) is 3. The van der Waals surface area contributed by atoms with E-state index >= 15 is 0 Å². The second-order valence-electron chi connectivity index (χ2n) is 7.19. The summed E-state index contributed by atoms with van der Waals surface area (Å²) < 4.78 is 7.54. The van der Waals surface area contributed by atoms with Crippen LogP contribution in [-0.2, 0) is 17.9 Å². The topological polar surface area (TPSA) is 59.4 Å². The van der Waals surface area contributed by atoms with Gasteiger partial charge in [0.25, 0.3) is 0 Å². The number of amides is 1. The van der Waals surface area contributed by atoms with Crippen molar-refractivity contribution in [3.05, 3.63) is 36.0 Å². The summed E-state index contributed by atoms with van der Waals surface area (Å²) in [5, 5.41) is 7.46. The number of aromatic nitrogens is 2. The van der Waals surface area contributed by atoms with Crippen molar-refractivity contribution in [2.75, 3.05) is 19.6 Å². The van der Waals surface area contributed by atoms with Gasteiger partial charge in [0.2, 0.25) is 5.91 Å². The van der Waals surface area contributed by atoms with Gasteiger partial charge in [-0.3, -0.25) is 14.4 Å². The molecule has 6 heteroatoms. The molecule has 0 radical (unpaired) electrons. The lowest BCUT2D eigenvalue weighted by Crippen LogP contribution is -2.43. The van der Waals surface area contributed by atoms with E-state index in [1.54, 1.807) is 10.9 Å². The average molecular weight is 354 g/mol. The lowest BCUT2D eigenvalue weighted by molar-refractivity contribution is -0.121. The van der Waals surface area contributed by atoms with Crippen molar-refractivity contribution in [1.29, 1.82) is 0 Å². The van der Waals surface area contributed by atoms with Gasteiger partial charge in [-0.2, -0.15) is 5.10 Å². The Balaban J connectivity index is 1.37. The van der Waals surface area contributed by atoms with E-state index in [-0.39, 0.29) is 12.5 Å². The van der Waals surface area contributed by atoms with Gasteiger partial charge in [-0.25, -0.2) is 0 Å². The molecule has 2 aliphatic rings. The highest BCUT2D eigenvalue weighted by Crippen LogP contribution is 2.36. The minimum absolute atomic E-state index is 0.00420. The largest absolute Gasteiger partial charge is 0.488 e. The number of nitrogens with one attached hydrogen (secondary N) is 1. The van der Waals surface area contributed by atoms with Crippen LogP contribution in [0.25, 0.3) is 11.3 Å². The van der Waals surface area contributed by atoms with Crippen LogP contribution in [0.5, 0.6) is 5.75 Å². The maximum Gasteiger partial charge on any atom is 0.241 e. The molecule has 3 heterocycles. The zero-order valence-electron chi connectivity index (χ0n) is 15.3. The van der Waals surface area contributed by atoms with Gasteiger partial charge in [-0.15, -0.1) is 0 Å². The molecule has 1 saturated heterocycles. The van der Waals surface area contributed by atoms with Crippen LogP contribution in [0.4, 0.5) is 0 Å². The highest BCUT2D eigenvalue weighted by atomic mass is 16.5. The Labute approximate surface area is 154 Å². The van der Waals surface area contributed by atoms with Gasteiger partial charge in [0.1, 0.15) is 18.9 Å². The summed E-state index contributed by atoms with van der Waals surface area (Å²) in [5.74, 6) is 0.853. The lowest BCUT2D eigenvalue weighted by Gasteiger charge is -2.33. The normalized spacial score (nSPS) is 19.3. The third kappa shape index (κ3) is 3.46. The summed E-state index contributed by atoms with van der Waals surface area (Å²) >= 11 is 0. The van der Waals surface area contributed by atoms with Crippen LogP contribution in [0.3, 0.4) is 0 Å². The van der Waals surface area contributed by atoms with Crippen LogP contribution in [0.1, 0.15) is 31.7 Å². The van der Waals surface area contributed by atoms with Crippen LogP contribution in [0, 0.1) is 0 Å². The van der Waals surface area contributed by atoms with E-state index in [1.165, 1.54) is 19.3 Å². The molecule has 1 aromatic carbocycles. The summed E-state index contributed by atoms with van der Waals surface area (Å²) in [5.41, 5.74) is 3.02. The number of carbonyl (C=O) groups is 1. The molecule has 2 aliphatic heterocycles. The highest BCUT2D eigenvalue weighted by molar-refractivity contribution is 5.78. The molecule has 0 spiro atoms. The number of piperidine rings is 1. The average Bonchev–Trinajstić information content (AvgIpc) is 3.06. The monoisotopic (exact) mass is 354 g/mol. The maximum atomic E-state index is 12.4. The van der Waals surface area contributed by atoms with Crippen molar-refractivity contribution >= 4 is 5.91 Å². The molecule has 6 nitrogen and oxygen atoms in total. The van der Waals surface area contributed by atoms with Crippen molar-refractivity contribution in [1.82, 2.24) is 20.0 Å². The molecule has 1 N–H and O–H groups in total. The molecule has 1 aromatic heterocycles. The van der Waals surface area contributed by atoms with Gasteiger partial charge in [-0.1, -0.05) is 18.6 Å². The van der Waals surface area contributed by atoms with Gasteiger partial charge in [0.15, 0.2) is 0 Å². The van der Waals surface area contributed by atoms with Crippen LogP contribution in [0.15, 0.2) is 30.5 Å². The Kier molecular flexibility index (Phi) is 4.93. The number of ether oxygens (including phenoxy) is 1. The van der Waals surface area contributed by atoms with Crippen molar-refractivity contribution < 1.29 is 9.53 Å². The Bertz CT molecular complexity index is 786. The Morgan fingerprint density at radius 1 is 1.35 bits per heavy atom. The van der Waals surface area contributed by atoms with E-state index in [4.69, 9.17) is 4.74 Å². The molecular formula is C20H26N4O2. The molecule has 0 unspecified atom stereocenters. The van der Waals surface area contributed by atoms with Crippen LogP contribution < -0.4 is 10.1 Å². The standard InChI is InChI=1S/C20H26N4O2/c1-15-6-4-5-10-23(15)11-9-21-19(25)13-24-20-16(12-22-24)14-26-18-8-3-2-7-17(18)20/h2-3,7-8,12,15H,4-6,9-11,13-14H2,1H3,(H,21,25)/t15-/m0/s1. The van der Waals surface area contributed by atoms with Gasteiger partial charge in [-0.05, 0) is 38.4 Å². The highest BCUT2D eigenvalue weighted by Gasteiger charge is 2.23. The summed E-state index contributed by atoms with van der Waals surface area (Å²) in [6, 6.07) is 8.53. The number of rotatable bonds is 5. The van der Waals surface area contributed by atoms with Crippen LogP contribution in [-0.4, -0.2) is 46.3 Å². The number of fused-ring (bicyclic) bond motifs is 3. The number of carbonyl (C=O) groups excluding carboxylic acids is 1. The smallest absolute Gasteiger partial charge is 0.241 e. The molecule has 0 bridgehead atoms. The Hall–Kier alpha value is -2.34. The molecular weight excluding hydrogens is 328 g/mol. The van der Waals surface area contributed by atoms with E-state index in [0.29, 0.717) is 19.2 Å². The fraction of sp³-hybridized carbons (Fsp3) is 0.500. The van der Waals surface area contributed by atoms with Crippen molar-refractivity contribution in [3.63, 3.8) is 0 Å². The first-order valence-electron chi connectivity index (χ1n) is 9.50. The van der Waals surface area contributed by atoms with E-state index in [2.05, 4.69) is 22.2 Å². The van der Waals surface area contributed by atoms with Crippen LogP contribution in [0.2, 0.25) is 0 Å². The fourth-order valence-electron chi connectivity index (χ4n) is 3.93. The van der Waals surface area contributed by atoms with E-state index in [0.717, 1.165) is 35.7 Å². The fourth-order valence-corrected chi connectivity index (χ4v) is 3.93. The number of hydrogen-bond acceptors (Lipinski definition) is 4. The Morgan fingerprint density at radius 2 is 2.23 bits per heavy atom. The number of para-hydroxylation sites is 1. The first kappa shape index (κ1) is 17.1. The zero-order chi connectivity index (χ0) is 17.9. The van der Waals surface area contributed by atoms with Crippen molar-refractivity contribution in [3.8, 4) is 17.0 Å². The van der Waals surface area contributed by atoms with Gasteiger partial charge >= 0.3 is 0 Å².